The zero-order chi connectivity index (χ0) is 23.9. The Kier molecular flexibility index (Phi) is 5.44. The van der Waals surface area contributed by atoms with E-state index in [1.165, 1.54) is 16.5 Å². The second-order valence-corrected chi connectivity index (χ2v) is 9.60. The van der Waals surface area contributed by atoms with Crippen LogP contribution >= 0.6 is 0 Å². The van der Waals surface area contributed by atoms with Crippen molar-refractivity contribution in [1.82, 2.24) is 9.88 Å². The van der Waals surface area contributed by atoms with E-state index in [1.54, 1.807) is 7.11 Å². The molecule has 4 aromatic rings. The molecule has 0 saturated heterocycles. The highest BCUT2D eigenvalue weighted by Crippen LogP contribution is 2.51. The van der Waals surface area contributed by atoms with Crippen LogP contribution in [0.4, 0.5) is 0 Å². The van der Waals surface area contributed by atoms with E-state index in [4.69, 9.17) is 4.74 Å². The Labute approximate surface area is 206 Å². The van der Waals surface area contributed by atoms with E-state index in [2.05, 4.69) is 77.5 Å². The van der Waals surface area contributed by atoms with E-state index in [9.17, 15) is 4.79 Å². The van der Waals surface area contributed by atoms with E-state index >= 15 is 0 Å². The molecule has 1 aliphatic carbocycles. The van der Waals surface area contributed by atoms with E-state index in [0.717, 1.165) is 59.3 Å². The van der Waals surface area contributed by atoms with Gasteiger partial charge in [0.2, 0.25) is 0 Å². The third-order valence-corrected chi connectivity index (χ3v) is 7.69. The van der Waals surface area contributed by atoms with Crippen molar-refractivity contribution in [2.75, 3.05) is 7.11 Å². The zero-order valence-electron chi connectivity index (χ0n) is 20.3. The molecule has 0 bridgehead atoms. The largest absolute Gasteiger partial charge is 0.497 e. The number of aromatic amines is 1. The van der Waals surface area contributed by atoms with Gasteiger partial charge in [0.1, 0.15) is 5.75 Å². The number of hydrogen-bond donors (Lipinski definition) is 1. The second-order valence-electron chi connectivity index (χ2n) is 9.60. The summed E-state index contributed by atoms with van der Waals surface area (Å²) in [5, 5.41) is 1.17. The molecular formula is C31H30N2O2. The van der Waals surface area contributed by atoms with Gasteiger partial charge in [-0.2, -0.15) is 0 Å². The summed E-state index contributed by atoms with van der Waals surface area (Å²) in [7, 11) is 1.70. The van der Waals surface area contributed by atoms with Crippen molar-refractivity contribution in [3.63, 3.8) is 0 Å². The summed E-state index contributed by atoms with van der Waals surface area (Å²) >= 11 is 0. The number of nitrogens with zero attached hydrogens (tertiary/aromatic N) is 1. The summed E-state index contributed by atoms with van der Waals surface area (Å²) in [6.07, 6.45) is 4.06. The van der Waals surface area contributed by atoms with Crippen molar-refractivity contribution in [1.29, 1.82) is 0 Å². The van der Waals surface area contributed by atoms with E-state index < -0.39 is 0 Å². The SMILES string of the molecule is COc1cccc(-c2[nH]c3ccccc3c2[C@@H]2C3=C(CCCC3)C(=O)N2[C@@H](C)c2ccccc2)c1. The Bertz CT molecular complexity index is 1430. The zero-order valence-corrected chi connectivity index (χ0v) is 20.3. The molecule has 4 nitrogen and oxygen atoms in total. The molecule has 0 spiro atoms. The molecule has 0 saturated carbocycles. The molecule has 2 heterocycles. The van der Waals surface area contributed by atoms with Gasteiger partial charge in [-0.05, 0) is 61.9 Å². The quantitative estimate of drug-likeness (QED) is 0.337. The van der Waals surface area contributed by atoms with Gasteiger partial charge in [-0.15, -0.1) is 0 Å². The molecule has 1 aliphatic heterocycles. The van der Waals surface area contributed by atoms with E-state index in [-0.39, 0.29) is 18.0 Å². The number of para-hydroxylation sites is 1. The Morgan fingerprint density at radius 2 is 1.71 bits per heavy atom. The van der Waals surface area contributed by atoms with Crippen molar-refractivity contribution in [3.05, 3.63) is 101 Å². The lowest BCUT2D eigenvalue weighted by atomic mass is 9.85. The molecule has 176 valence electrons. The maximum Gasteiger partial charge on any atom is 0.251 e. The molecule has 2 aliphatic rings. The molecule has 0 fully saturated rings. The third kappa shape index (κ3) is 3.56. The fraction of sp³-hybridized carbons (Fsp3) is 0.258. The predicted molar refractivity (Wildman–Crippen MR) is 140 cm³/mol. The molecule has 0 unspecified atom stereocenters. The van der Waals surface area contributed by atoms with Crippen molar-refractivity contribution in [2.24, 2.45) is 0 Å². The molecule has 35 heavy (non-hydrogen) atoms. The number of amides is 1. The van der Waals surface area contributed by atoms with Crippen molar-refractivity contribution >= 4 is 16.8 Å². The Hall–Kier alpha value is -3.79. The summed E-state index contributed by atoms with van der Waals surface area (Å²) < 4.78 is 5.55. The minimum Gasteiger partial charge on any atom is -0.497 e. The fourth-order valence-electron chi connectivity index (χ4n) is 5.97. The van der Waals surface area contributed by atoms with Gasteiger partial charge in [0.05, 0.1) is 24.9 Å². The van der Waals surface area contributed by atoms with Crippen LogP contribution in [0.2, 0.25) is 0 Å². The standard InChI is InChI=1S/C31H30N2O2/c1-20(21-11-4-3-5-12-21)33-30(24-15-6-7-16-25(24)31(33)34)28-26-17-8-9-18-27(26)32-29(28)22-13-10-14-23(19-22)35-2/h3-5,8-14,17-20,30,32H,6-7,15-16H2,1-2H3/t20-,30-/m0/s1. The van der Waals surface area contributed by atoms with Gasteiger partial charge in [0.15, 0.2) is 0 Å². The highest BCUT2D eigenvalue weighted by molar-refractivity contribution is 6.01. The average molecular weight is 463 g/mol. The second kappa shape index (κ2) is 8.77. The first kappa shape index (κ1) is 21.7. The number of aromatic nitrogens is 1. The number of methoxy groups -OCH3 is 1. The van der Waals surface area contributed by atoms with Crippen molar-refractivity contribution < 1.29 is 9.53 Å². The minimum atomic E-state index is -0.0923. The lowest BCUT2D eigenvalue weighted by Gasteiger charge is -2.34. The van der Waals surface area contributed by atoms with Gasteiger partial charge in [-0.25, -0.2) is 0 Å². The number of fused-ring (bicyclic) bond motifs is 1. The first-order valence-corrected chi connectivity index (χ1v) is 12.5. The normalized spacial score (nSPS) is 18.7. The van der Waals surface area contributed by atoms with E-state index in [1.807, 2.05) is 18.2 Å². The first-order valence-electron chi connectivity index (χ1n) is 12.5. The molecule has 4 heteroatoms. The first-order chi connectivity index (χ1) is 17.2. The highest BCUT2D eigenvalue weighted by Gasteiger charge is 2.44. The molecule has 1 amide bonds. The Morgan fingerprint density at radius 1 is 0.943 bits per heavy atom. The molecule has 0 radical (unpaired) electrons. The Morgan fingerprint density at radius 3 is 2.54 bits per heavy atom. The number of rotatable bonds is 5. The van der Waals surface area contributed by atoms with Crippen LogP contribution < -0.4 is 4.74 Å². The van der Waals surface area contributed by atoms with Gasteiger partial charge in [-0.3, -0.25) is 4.79 Å². The van der Waals surface area contributed by atoms with Gasteiger partial charge in [0, 0.05) is 27.6 Å². The number of hydrogen-bond acceptors (Lipinski definition) is 2. The predicted octanol–water partition coefficient (Wildman–Crippen LogP) is 7.36. The molecular weight excluding hydrogens is 432 g/mol. The third-order valence-electron chi connectivity index (χ3n) is 7.69. The van der Waals surface area contributed by atoms with Gasteiger partial charge in [-0.1, -0.05) is 60.7 Å². The summed E-state index contributed by atoms with van der Waals surface area (Å²) in [6, 6.07) is 26.9. The summed E-state index contributed by atoms with van der Waals surface area (Å²) in [6.45, 7) is 2.17. The topological polar surface area (TPSA) is 45.3 Å². The number of carbonyl (C=O) groups excluding carboxylic acids is 1. The molecule has 2 atom stereocenters. The fourth-order valence-corrected chi connectivity index (χ4v) is 5.97. The lowest BCUT2D eigenvalue weighted by molar-refractivity contribution is -0.129. The van der Waals surface area contributed by atoms with Gasteiger partial charge in [0.25, 0.3) is 5.91 Å². The number of carbonyl (C=O) groups is 1. The Balaban J connectivity index is 1.60. The number of ether oxygens (including phenoxy) is 1. The van der Waals surface area contributed by atoms with Crippen LogP contribution in [0.1, 0.15) is 55.8 Å². The van der Waals surface area contributed by atoms with Crippen LogP contribution in [0, 0.1) is 0 Å². The molecule has 1 aromatic heterocycles. The van der Waals surface area contributed by atoms with Crippen molar-refractivity contribution in [2.45, 2.75) is 44.7 Å². The monoisotopic (exact) mass is 462 g/mol. The van der Waals surface area contributed by atoms with Crippen LogP contribution in [-0.2, 0) is 4.79 Å². The molecule has 6 rings (SSSR count). The van der Waals surface area contributed by atoms with Gasteiger partial charge < -0.3 is 14.6 Å². The molecule has 1 N–H and O–H groups in total. The van der Waals surface area contributed by atoms with Gasteiger partial charge >= 0.3 is 0 Å². The highest BCUT2D eigenvalue weighted by atomic mass is 16.5. The number of nitrogens with one attached hydrogen (secondary N) is 1. The number of H-pyrrole nitrogens is 1. The maximum absolute atomic E-state index is 14.0. The van der Waals surface area contributed by atoms with E-state index in [0.29, 0.717) is 0 Å². The lowest BCUT2D eigenvalue weighted by Crippen LogP contribution is -2.33. The summed E-state index contributed by atoms with van der Waals surface area (Å²) in [5.41, 5.74) is 7.91. The van der Waals surface area contributed by atoms with Crippen LogP contribution in [0.3, 0.4) is 0 Å². The summed E-state index contributed by atoms with van der Waals surface area (Å²) in [4.78, 5) is 19.8. The van der Waals surface area contributed by atoms with Crippen molar-refractivity contribution in [3.8, 4) is 17.0 Å². The summed E-state index contributed by atoms with van der Waals surface area (Å²) in [5.74, 6) is 1.02. The van der Waals surface area contributed by atoms with Crippen LogP contribution in [-0.4, -0.2) is 22.9 Å². The minimum absolute atomic E-state index is 0.0360. The maximum atomic E-state index is 14.0. The van der Waals surface area contributed by atoms with Crippen LogP contribution in [0.5, 0.6) is 5.75 Å². The number of benzene rings is 3. The average Bonchev–Trinajstić information content (AvgIpc) is 3.44. The van der Waals surface area contributed by atoms with Crippen LogP contribution in [0.25, 0.3) is 22.2 Å². The smallest absolute Gasteiger partial charge is 0.251 e. The van der Waals surface area contributed by atoms with Crippen LogP contribution in [0.15, 0.2) is 90.0 Å². The molecule has 3 aromatic carbocycles.